The molecule has 1 aromatic carbocycles. The van der Waals surface area contributed by atoms with Gasteiger partial charge in [-0.3, -0.25) is 0 Å². The van der Waals surface area contributed by atoms with E-state index in [4.69, 9.17) is 0 Å². The number of carboxylic acid groups (broad SMARTS) is 1. The van der Waals surface area contributed by atoms with Crippen molar-refractivity contribution in [2.45, 2.75) is 18.4 Å². The summed E-state index contributed by atoms with van der Waals surface area (Å²) < 4.78 is 92.4. The van der Waals surface area contributed by atoms with E-state index in [1.54, 1.807) is 0 Å². The van der Waals surface area contributed by atoms with Gasteiger partial charge in [-0.25, -0.2) is 4.74 Å². The molecule has 0 bridgehead atoms. The van der Waals surface area contributed by atoms with E-state index in [1.165, 1.54) is 0 Å². The van der Waals surface area contributed by atoms with Gasteiger partial charge in [0.25, 0.3) is 0 Å². The first-order chi connectivity index (χ1) is 9.84. The van der Waals surface area contributed by atoms with E-state index >= 15 is 0 Å². The van der Waals surface area contributed by atoms with E-state index in [1.807, 2.05) is 0 Å². The van der Waals surface area contributed by atoms with Crippen LogP contribution in [0.4, 0.5) is 30.7 Å². The van der Waals surface area contributed by atoms with Crippen LogP contribution in [0.15, 0.2) is 24.3 Å². The highest BCUT2D eigenvalue weighted by molar-refractivity contribution is 5.85. The number of alkyl halides is 7. The van der Waals surface area contributed by atoms with Gasteiger partial charge < -0.3 is 14.6 Å². The molecule has 0 saturated carbocycles. The first-order valence-corrected chi connectivity index (χ1v) is 5.31. The largest absolute Gasteiger partial charge is 0.545 e. The molecule has 1 aromatic rings. The maximum Gasteiger partial charge on any atom is 0.483 e. The van der Waals surface area contributed by atoms with Crippen molar-refractivity contribution in [2.24, 2.45) is 0 Å². The van der Waals surface area contributed by atoms with Crippen LogP contribution in [0, 0.1) is 0 Å². The summed E-state index contributed by atoms with van der Waals surface area (Å²) in [6, 6.07) is 3.55. The Bertz CT molecular complexity index is 524. The van der Waals surface area contributed by atoms with Crippen molar-refractivity contribution in [1.82, 2.24) is 0 Å². The van der Waals surface area contributed by atoms with Gasteiger partial charge in [-0.05, 0) is 29.8 Å². The van der Waals surface area contributed by atoms with Gasteiger partial charge >= 0.3 is 18.4 Å². The average Bonchev–Trinajstić information content (AvgIpc) is 2.34. The number of carbonyl (C=O) groups excluding carboxylic acids is 1. The van der Waals surface area contributed by atoms with E-state index < -0.39 is 36.7 Å². The Kier molecular flexibility index (Phi) is 4.90. The molecular weight excluding hydrogens is 329 g/mol. The third-order valence-corrected chi connectivity index (χ3v) is 2.10. The quantitative estimate of drug-likeness (QED) is 0.748. The molecule has 0 amide bonds. The maximum absolute atomic E-state index is 12.9. The molecular formula is C11H6F7O4-. The molecule has 0 saturated heterocycles. The zero-order valence-electron chi connectivity index (χ0n) is 10.3. The van der Waals surface area contributed by atoms with Crippen molar-refractivity contribution in [2.75, 3.05) is 6.61 Å². The highest BCUT2D eigenvalue weighted by Gasteiger charge is 2.64. The minimum atomic E-state index is -6.31. The second kappa shape index (κ2) is 5.99. The SMILES string of the molecule is O=C([O-])c1ccc(OCC(F)(F)OC(F)(F)C(F)(F)F)cc1. The van der Waals surface area contributed by atoms with E-state index in [9.17, 15) is 40.6 Å². The molecule has 0 aliphatic rings. The fourth-order valence-electron chi connectivity index (χ4n) is 1.13. The summed E-state index contributed by atoms with van der Waals surface area (Å²) in [6.45, 7) is -1.94. The molecule has 0 aromatic heterocycles. The van der Waals surface area contributed by atoms with Crippen molar-refractivity contribution in [1.29, 1.82) is 0 Å². The Labute approximate surface area is 118 Å². The number of carboxylic acids is 1. The molecule has 0 fully saturated rings. The Morgan fingerprint density at radius 1 is 1.00 bits per heavy atom. The van der Waals surface area contributed by atoms with Crippen LogP contribution in [0.25, 0.3) is 0 Å². The van der Waals surface area contributed by atoms with Crippen LogP contribution in [0.1, 0.15) is 10.4 Å². The summed E-state index contributed by atoms with van der Waals surface area (Å²) in [7, 11) is 0. The third-order valence-electron chi connectivity index (χ3n) is 2.10. The minimum Gasteiger partial charge on any atom is -0.545 e. The normalized spacial score (nSPS) is 13.0. The summed E-state index contributed by atoms with van der Waals surface area (Å²) in [5.74, 6) is -1.96. The van der Waals surface area contributed by atoms with Crippen molar-refractivity contribution in [3.8, 4) is 5.75 Å². The number of carbonyl (C=O) groups is 1. The number of ether oxygens (including phenoxy) is 2. The monoisotopic (exact) mass is 335 g/mol. The van der Waals surface area contributed by atoms with Crippen LogP contribution in [-0.2, 0) is 4.74 Å². The number of aromatic carboxylic acids is 1. The van der Waals surface area contributed by atoms with Crippen LogP contribution in [0.5, 0.6) is 5.75 Å². The Morgan fingerprint density at radius 2 is 1.50 bits per heavy atom. The lowest BCUT2D eigenvalue weighted by molar-refractivity contribution is -0.458. The van der Waals surface area contributed by atoms with Gasteiger partial charge in [0.1, 0.15) is 5.75 Å². The molecule has 0 unspecified atom stereocenters. The lowest BCUT2D eigenvalue weighted by Crippen LogP contribution is -2.46. The molecule has 0 aliphatic heterocycles. The van der Waals surface area contributed by atoms with Crippen LogP contribution in [-0.4, -0.2) is 31.0 Å². The summed E-state index contributed by atoms with van der Waals surface area (Å²) in [5, 5.41) is 10.4. The van der Waals surface area contributed by atoms with Gasteiger partial charge in [-0.2, -0.15) is 30.7 Å². The molecule has 11 heteroatoms. The molecule has 0 spiro atoms. The van der Waals surface area contributed by atoms with Crippen LogP contribution in [0.2, 0.25) is 0 Å². The van der Waals surface area contributed by atoms with E-state index in [0.29, 0.717) is 0 Å². The molecule has 0 atom stereocenters. The molecule has 0 heterocycles. The standard InChI is InChI=1S/C11H7F7O4/c12-9(13,22-11(17,18)10(14,15)16)5-21-7-3-1-6(2-4-7)8(19)20/h1-4H,5H2,(H,19,20)/p-1. The van der Waals surface area contributed by atoms with Crippen molar-refractivity contribution < 1.29 is 50.1 Å². The smallest absolute Gasteiger partial charge is 0.483 e. The Balaban J connectivity index is 2.67. The number of hydrogen-bond donors (Lipinski definition) is 0. The van der Waals surface area contributed by atoms with E-state index in [0.717, 1.165) is 24.3 Å². The molecule has 124 valence electrons. The van der Waals surface area contributed by atoms with E-state index in [2.05, 4.69) is 9.47 Å². The second-order valence-corrected chi connectivity index (χ2v) is 3.85. The molecule has 0 aliphatic carbocycles. The predicted octanol–water partition coefficient (Wildman–Crippen LogP) is 2.19. The lowest BCUT2D eigenvalue weighted by Gasteiger charge is -2.25. The predicted molar refractivity (Wildman–Crippen MR) is 53.3 cm³/mol. The lowest BCUT2D eigenvalue weighted by atomic mass is 10.2. The van der Waals surface area contributed by atoms with Crippen molar-refractivity contribution in [3.63, 3.8) is 0 Å². The van der Waals surface area contributed by atoms with Gasteiger partial charge in [0, 0.05) is 0 Å². The fourth-order valence-corrected chi connectivity index (χ4v) is 1.13. The van der Waals surface area contributed by atoms with Gasteiger partial charge in [0.2, 0.25) is 0 Å². The van der Waals surface area contributed by atoms with E-state index in [-0.39, 0.29) is 5.56 Å². The number of halogens is 7. The molecule has 1 rings (SSSR count). The van der Waals surface area contributed by atoms with Crippen LogP contribution < -0.4 is 9.84 Å². The zero-order chi connectivity index (χ0) is 17.2. The number of hydrogen-bond acceptors (Lipinski definition) is 4. The summed E-state index contributed by atoms with van der Waals surface area (Å²) in [5.41, 5.74) is -0.320. The van der Waals surface area contributed by atoms with Gasteiger partial charge in [-0.1, -0.05) is 0 Å². The van der Waals surface area contributed by atoms with Crippen LogP contribution in [0.3, 0.4) is 0 Å². The maximum atomic E-state index is 12.9. The highest BCUT2D eigenvalue weighted by Crippen LogP contribution is 2.40. The second-order valence-electron chi connectivity index (χ2n) is 3.85. The summed E-state index contributed by atoms with van der Waals surface area (Å²) in [4.78, 5) is 10.4. The molecule has 0 N–H and O–H groups in total. The number of rotatable bonds is 6. The Morgan fingerprint density at radius 3 is 1.91 bits per heavy atom. The third kappa shape index (κ3) is 4.76. The number of benzene rings is 1. The Hall–Kier alpha value is -2.04. The zero-order valence-corrected chi connectivity index (χ0v) is 10.3. The van der Waals surface area contributed by atoms with Gasteiger partial charge in [0.15, 0.2) is 6.61 Å². The minimum absolute atomic E-state index is 0.320. The summed E-state index contributed by atoms with van der Waals surface area (Å²) >= 11 is 0. The highest BCUT2D eigenvalue weighted by atomic mass is 19.4. The van der Waals surface area contributed by atoms with Crippen molar-refractivity contribution >= 4 is 5.97 Å². The van der Waals surface area contributed by atoms with Gasteiger partial charge in [0.05, 0.1) is 5.97 Å². The molecule has 0 radical (unpaired) electrons. The summed E-state index contributed by atoms with van der Waals surface area (Å²) in [6.07, 6.45) is -17.3. The first-order valence-electron chi connectivity index (χ1n) is 5.31. The van der Waals surface area contributed by atoms with Crippen molar-refractivity contribution in [3.05, 3.63) is 29.8 Å². The average molecular weight is 335 g/mol. The van der Waals surface area contributed by atoms with Gasteiger partial charge in [-0.15, -0.1) is 0 Å². The van der Waals surface area contributed by atoms with Crippen LogP contribution >= 0.6 is 0 Å². The molecule has 4 nitrogen and oxygen atoms in total. The topological polar surface area (TPSA) is 58.6 Å². The fraction of sp³-hybridized carbons (Fsp3) is 0.364. The first kappa shape index (κ1) is 18.0. The molecule has 22 heavy (non-hydrogen) atoms.